The molecule has 0 unspecified atom stereocenters. The molecule has 5 aromatic rings. The van der Waals surface area contributed by atoms with Crippen LogP contribution >= 0.6 is 0 Å². The highest BCUT2D eigenvalue weighted by Gasteiger charge is 2.32. The maximum Gasteiger partial charge on any atom is 0.326 e. The highest BCUT2D eigenvalue weighted by atomic mass is 16.5. The lowest BCUT2D eigenvalue weighted by Gasteiger charge is -2.29. The van der Waals surface area contributed by atoms with Gasteiger partial charge >= 0.3 is 5.97 Å². The number of carbonyl (C=O) groups is 3. The lowest BCUT2D eigenvalue weighted by atomic mass is 10.0. The van der Waals surface area contributed by atoms with Gasteiger partial charge in [-0.2, -0.15) is 0 Å². The van der Waals surface area contributed by atoms with Gasteiger partial charge in [0.25, 0.3) is 5.91 Å². The van der Waals surface area contributed by atoms with Crippen molar-refractivity contribution in [3.8, 4) is 11.5 Å². The van der Waals surface area contributed by atoms with Crippen molar-refractivity contribution in [1.82, 2.24) is 15.2 Å². The van der Waals surface area contributed by atoms with Crippen LogP contribution in [0.3, 0.4) is 0 Å². The second-order valence-electron chi connectivity index (χ2n) is 11.0. The number of benzene rings is 4. The number of H-pyrrole nitrogens is 1. The van der Waals surface area contributed by atoms with Crippen LogP contribution in [0.25, 0.3) is 10.9 Å². The van der Waals surface area contributed by atoms with E-state index < -0.39 is 24.0 Å². The molecule has 0 aliphatic rings. The summed E-state index contributed by atoms with van der Waals surface area (Å²) in [4.78, 5) is 44.4. The normalized spacial score (nSPS) is 12.3. The fourth-order valence-electron chi connectivity index (χ4n) is 5.38. The Bertz CT molecular complexity index is 1760. The van der Waals surface area contributed by atoms with E-state index in [1.807, 2.05) is 86.6 Å². The summed E-state index contributed by atoms with van der Waals surface area (Å²) >= 11 is 0. The van der Waals surface area contributed by atoms with E-state index >= 15 is 0 Å². The number of aliphatic carboxylic acids is 1. The Kier molecular flexibility index (Phi) is 9.09. The first-order valence-corrected chi connectivity index (χ1v) is 14.4. The average Bonchev–Trinajstić information content (AvgIpc) is 3.42. The third-order valence-electron chi connectivity index (χ3n) is 7.60. The number of para-hydroxylation sites is 2. The van der Waals surface area contributed by atoms with Crippen LogP contribution in [0.5, 0.6) is 11.5 Å². The van der Waals surface area contributed by atoms with Crippen LogP contribution in [0.4, 0.5) is 0 Å². The molecule has 0 saturated heterocycles. The van der Waals surface area contributed by atoms with Crippen LogP contribution in [-0.2, 0) is 22.4 Å². The Labute approximate surface area is 256 Å². The number of fused-ring (bicyclic) bond motifs is 1. The lowest BCUT2D eigenvalue weighted by molar-refractivity contribution is -0.142. The molecule has 0 aliphatic heterocycles. The summed E-state index contributed by atoms with van der Waals surface area (Å²) in [6.07, 6.45) is 2.01. The van der Waals surface area contributed by atoms with Crippen molar-refractivity contribution in [3.05, 3.63) is 131 Å². The number of hydrogen-bond acceptors (Lipinski definition) is 4. The minimum absolute atomic E-state index is 0.0814. The van der Waals surface area contributed by atoms with Gasteiger partial charge < -0.3 is 25.0 Å². The van der Waals surface area contributed by atoms with E-state index in [1.165, 1.54) is 4.90 Å². The van der Waals surface area contributed by atoms with Gasteiger partial charge in [0.1, 0.15) is 23.6 Å². The van der Waals surface area contributed by atoms with Crippen molar-refractivity contribution in [1.29, 1.82) is 0 Å². The van der Waals surface area contributed by atoms with Crippen LogP contribution in [0.1, 0.15) is 32.6 Å². The first kappa shape index (κ1) is 30.1. The second-order valence-corrected chi connectivity index (χ2v) is 11.0. The Hall–Kier alpha value is -5.37. The van der Waals surface area contributed by atoms with Gasteiger partial charge in [-0.1, -0.05) is 65.7 Å². The van der Waals surface area contributed by atoms with E-state index in [0.717, 1.165) is 33.2 Å². The van der Waals surface area contributed by atoms with Crippen molar-refractivity contribution >= 4 is 28.7 Å². The number of aromatic nitrogens is 1. The van der Waals surface area contributed by atoms with Crippen LogP contribution < -0.4 is 10.1 Å². The molecule has 1 aromatic heterocycles. The highest BCUT2D eigenvalue weighted by molar-refractivity contribution is 5.98. The molecule has 5 rings (SSSR count). The maximum absolute atomic E-state index is 13.9. The zero-order valence-corrected chi connectivity index (χ0v) is 24.9. The molecule has 2 amide bonds. The molecule has 0 spiro atoms. The zero-order valence-electron chi connectivity index (χ0n) is 24.9. The number of rotatable bonds is 11. The van der Waals surface area contributed by atoms with Crippen molar-refractivity contribution < 1.29 is 24.2 Å². The van der Waals surface area contributed by atoms with Gasteiger partial charge in [0.2, 0.25) is 5.91 Å². The van der Waals surface area contributed by atoms with Crippen LogP contribution in [0.2, 0.25) is 0 Å². The van der Waals surface area contributed by atoms with Gasteiger partial charge in [0.15, 0.2) is 0 Å². The van der Waals surface area contributed by atoms with E-state index in [0.29, 0.717) is 17.1 Å². The number of ether oxygens (including phenoxy) is 1. The molecule has 3 N–H and O–H groups in total. The summed E-state index contributed by atoms with van der Waals surface area (Å²) in [6, 6.07) is 27.7. The van der Waals surface area contributed by atoms with Crippen molar-refractivity contribution in [2.75, 3.05) is 7.05 Å². The van der Waals surface area contributed by atoms with E-state index in [2.05, 4.69) is 10.3 Å². The molecule has 1 heterocycles. The number of carboxylic acids is 1. The summed E-state index contributed by atoms with van der Waals surface area (Å²) in [5.74, 6) is -0.712. The summed E-state index contributed by atoms with van der Waals surface area (Å²) in [5.41, 5.74) is 4.77. The molecule has 8 nitrogen and oxygen atoms in total. The molecular weight excluding hydrogens is 554 g/mol. The van der Waals surface area contributed by atoms with Crippen LogP contribution in [0, 0.1) is 13.8 Å². The van der Waals surface area contributed by atoms with E-state index in [9.17, 15) is 19.5 Å². The SMILES string of the molecule is Cc1cc(C)cc(C(=O)N(C)[C@H](Cc2ccc(Oc3ccccc3)cc2)C(=O)N[C@@H](Cc2c[nH]c3ccccc23)C(=O)O)c1. The monoisotopic (exact) mass is 589 g/mol. The van der Waals surface area contributed by atoms with Crippen molar-refractivity contribution in [3.63, 3.8) is 0 Å². The number of amides is 2. The standard InChI is InChI=1S/C36H35N3O5/c1-23-17-24(2)19-26(18-23)35(41)39(3)33(20-25-13-15-29(16-14-25)44-28-9-5-4-6-10-28)34(40)38-32(36(42)43)21-27-22-37-31-12-8-7-11-30(27)31/h4-19,22,32-33,37H,20-21H2,1-3H3,(H,38,40)(H,42,43)/t32-,33+/m0/s1. The van der Waals surface area contributed by atoms with Crippen LogP contribution in [-0.4, -0.2) is 51.9 Å². The molecular formula is C36H35N3O5. The highest BCUT2D eigenvalue weighted by Crippen LogP contribution is 2.23. The van der Waals surface area contributed by atoms with Crippen molar-refractivity contribution in [2.45, 2.75) is 38.8 Å². The summed E-state index contributed by atoms with van der Waals surface area (Å²) in [5, 5.41) is 13.7. The number of carboxylic acid groups (broad SMARTS) is 1. The number of aromatic amines is 1. The number of hydrogen-bond donors (Lipinski definition) is 3. The Morgan fingerprint density at radius 1 is 0.841 bits per heavy atom. The fourth-order valence-corrected chi connectivity index (χ4v) is 5.38. The maximum atomic E-state index is 13.9. The fraction of sp³-hybridized carbons (Fsp3) is 0.194. The van der Waals surface area contributed by atoms with E-state index in [4.69, 9.17) is 4.74 Å². The first-order chi connectivity index (χ1) is 21.2. The molecule has 0 radical (unpaired) electrons. The quantitative estimate of drug-likeness (QED) is 0.173. The summed E-state index contributed by atoms with van der Waals surface area (Å²) in [7, 11) is 1.58. The van der Waals surface area contributed by atoms with Crippen LogP contribution in [0.15, 0.2) is 103 Å². The predicted octanol–water partition coefficient (Wildman–Crippen LogP) is 6.07. The number of aryl methyl sites for hydroxylation is 2. The third-order valence-corrected chi connectivity index (χ3v) is 7.60. The van der Waals surface area contributed by atoms with E-state index in [1.54, 1.807) is 37.5 Å². The molecule has 0 aliphatic carbocycles. The molecule has 0 bridgehead atoms. The molecule has 8 heteroatoms. The summed E-state index contributed by atoms with van der Waals surface area (Å²) < 4.78 is 5.90. The average molecular weight is 590 g/mol. The minimum Gasteiger partial charge on any atom is -0.480 e. The zero-order chi connectivity index (χ0) is 31.2. The summed E-state index contributed by atoms with van der Waals surface area (Å²) in [6.45, 7) is 3.82. The van der Waals surface area contributed by atoms with E-state index in [-0.39, 0.29) is 18.7 Å². The second kappa shape index (κ2) is 13.3. The topological polar surface area (TPSA) is 112 Å². The van der Waals surface area contributed by atoms with Gasteiger partial charge in [0, 0.05) is 42.6 Å². The molecule has 224 valence electrons. The van der Waals surface area contributed by atoms with Gasteiger partial charge in [-0.3, -0.25) is 9.59 Å². The molecule has 2 atom stereocenters. The van der Waals surface area contributed by atoms with Gasteiger partial charge in [-0.25, -0.2) is 4.79 Å². The number of likely N-dealkylation sites (N-methyl/N-ethyl adjacent to an activating group) is 1. The lowest BCUT2D eigenvalue weighted by Crippen LogP contribution is -2.53. The van der Waals surface area contributed by atoms with Crippen molar-refractivity contribution in [2.24, 2.45) is 0 Å². The minimum atomic E-state index is -1.20. The predicted molar refractivity (Wildman–Crippen MR) is 170 cm³/mol. The number of nitrogens with zero attached hydrogens (tertiary/aromatic N) is 1. The smallest absolute Gasteiger partial charge is 0.326 e. The molecule has 0 saturated carbocycles. The Morgan fingerprint density at radius 3 is 2.16 bits per heavy atom. The molecule has 44 heavy (non-hydrogen) atoms. The largest absolute Gasteiger partial charge is 0.480 e. The van der Waals surface area contributed by atoms with Gasteiger partial charge in [-0.15, -0.1) is 0 Å². The first-order valence-electron chi connectivity index (χ1n) is 14.4. The molecule has 0 fully saturated rings. The third kappa shape index (κ3) is 7.15. The van der Waals surface area contributed by atoms with Gasteiger partial charge in [-0.05, 0) is 67.4 Å². The molecule has 4 aromatic carbocycles. The Morgan fingerprint density at radius 2 is 1.48 bits per heavy atom. The van der Waals surface area contributed by atoms with Gasteiger partial charge in [0.05, 0.1) is 0 Å². The Balaban J connectivity index is 1.39. The number of carbonyl (C=O) groups excluding carboxylic acids is 2. The number of nitrogens with one attached hydrogen (secondary N) is 2.